The van der Waals surface area contributed by atoms with Crippen LogP contribution in [0.15, 0.2) is 40.1 Å². The van der Waals surface area contributed by atoms with Crippen molar-refractivity contribution in [2.75, 3.05) is 25.0 Å². The molecule has 1 fully saturated rings. The normalized spacial score (nSPS) is 15.5. The maximum atomic E-state index is 13.2. The monoisotopic (exact) mass is 467 g/mol. The van der Waals surface area contributed by atoms with Crippen molar-refractivity contribution in [1.29, 1.82) is 0 Å². The molecule has 1 unspecified atom stereocenters. The smallest absolute Gasteiger partial charge is 0.244 e. The summed E-state index contributed by atoms with van der Waals surface area (Å²) in [5.41, 5.74) is 3.56. The summed E-state index contributed by atoms with van der Waals surface area (Å²) in [5.74, 6) is 1.14. The molecule has 0 saturated carbocycles. The molecule has 0 spiro atoms. The molecule has 1 aliphatic rings. The zero-order valence-electron chi connectivity index (χ0n) is 19.2. The van der Waals surface area contributed by atoms with Crippen molar-refractivity contribution in [3.05, 3.63) is 58.3 Å². The third-order valence-electron chi connectivity index (χ3n) is 5.85. The molecule has 1 N–H and O–H groups in total. The molecule has 2 amide bonds. The van der Waals surface area contributed by atoms with Crippen LogP contribution in [0.4, 0.5) is 5.69 Å². The second-order valence-electron chi connectivity index (χ2n) is 8.44. The molecule has 1 aromatic carbocycles. The van der Waals surface area contributed by atoms with Crippen LogP contribution in [0.25, 0.3) is 10.8 Å². The number of hydrogen-bond acceptors (Lipinski definition) is 6. The highest BCUT2D eigenvalue weighted by Gasteiger charge is 2.25. The molecule has 33 heavy (non-hydrogen) atoms. The van der Waals surface area contributed by atoms with Crippen molar-refractivity contribution in [3.63, 3.8) is 0 Å². The standard InChI is InChI=1S/C25H29N3O4S/c1-16-6-4-8-21(18(16)3)27-23(29)14-28(13-20-7-5-11-31-20)24(30)12-19-15-33-25(26-19)22-10-9-17(2)32-22/h4,6,8-10,15,20H,5,7,11-14H2,1-3H3,(H,27,29). The number of amides is 2. The van der Waals surface area contributed by atoms with E-state index in [9.17, 15) is 9.59 Å². The molecule has 0 bridgehead atoms. The van der Waals surface area contributed by atoms with Crippen molar-refractivity contribution in [3.8, 4) is 10.8 Å². The molecule has 0 radical (unpaired) electrons. The zero-order valence-corrected chi connectivity index (χ0v) is 20.0. The molecule has 3 heterocycles. The number of thiazole rings is 1. The number of aromatic nitrogens is 1. The molecular formula is C25H29N3O4S. The van der Waals surface area contributed by atoms with E-state index in [-0.39, 0.29) is 30.9 Å². The van der Waals surface area contributed by atoms with E-state index in [0.29, 0.717) is 24.6 Å². The molecule has 1 saturated heterocycles. The molecule has 1 atom stereocenters. The Balaban J connectivity index is 1.44. The van der Waals surface area contributed by atoms with Crippen molar-refractivity contribution >= 4 is 28.8 Å². The van der Waals surface area contributed by atoms with E-state index in [0.717, 1.165) is 40.4 Å². The number of aryl methyl sites for hydroxylation is 2. The summed E-state index contributed by atoms with van der Waals surface area (Å²) in [6.45, 7) is 6.92. The van der Waals surface area contributed by atoms with E-state index in [2.05, 4.69) is 10.3 Å². The number of carbonyl (C=O) groups excluding carboxylic acids is 2. The Kier molecular flexibility index (Phi) is 7.25. The fraction of sp³-hybridized carbons (Fsp3) is 0.400. The highest BCUT2D eigenvalue weighted by Crippen LogP contribution is 2.26. The predicted octanol–water partition coefficient (Wildman–Crippen LogP) is 4.52. The summed E-state index contributed by atoms with van der Waals surface area (Å²) in [5, 5.41) is 5.56. The molecule has 8 heteroatoms. The van der Waals surface area contributed by atoms with E-state index >= 15 is 0 Å². The van der Waals surface area contributed by atoms with Gasteiger partial charge >= 0.3 is 0 Å². The van der Waals surface area contributed by atoms with E-state index < -0.39 is 0 Å². The lowest BCUT2D eigenvalue weighted by Crippen LogP contribution is -2.43. The second kappa shape index (κ2) is 10.3. The molecule has 4 rings (SSSR count). The van der Waals surface area contributed by atoms with Gasteiger partial charge in [0.2, 0.25) is 11.8 Å². The first kappa shape index (κ1) is 23.2. The number of furan rings is 1. The van der Waals surface area contributed by atoms with Gasteiger partial charge < -0.3 is 19.4 Å². The fourth-order valence-electron chi connectivity index (χ4n) is 3.86. The van der Waals surface area contributed by atoms with Gasteiger partial charge in [-0.3, -0.25) is 9.59 Å². The van der Waals surface area contributed by atoms with Gasteiger partial charge in [0.05, 0.1) is 24.8 Å². The van der Waals surface area contributed by atoms with Crippen LogP contribution < -0.4 is 5.32 Å². The Morgan fingerprint density at radius 2 is 2.06 bits per heavy atom. The van der Waals surface area contributed by atoms with Crippen LogP contribution in [0, 0.1) is 20.8 Å². The third-order valence-corrected chi connectivity index (χ3v) is 6.75. The van der Waals surface area contributed by atoms with E-state index in [1.54, 1.807) is 4.90 Å². The largest absolute Gasteiger partial charge is 0.459 e. The van der Waals surface area contributed by atoms with E-state index in [4.69, 9.17) is 9.15 Å². The summed E-state index contributed by atoms with van der Waals surface area (Å²) >= 11 is 1.44. The molecule has 1 aliphatic heterocycles. The van der Waals surface area contributed by atoms with Crippen LogP contribution in [-0.2, 0) is 20.7 Å². The van der Waals surface area contributed by atoms with Crippen molar-refractivity contribution in [1.82, 2.24) is 9.88 Å². The summed E-state index contributed by atoms with van der Waals surface area (Å²) in [6, 6.07) is 9.55. The van der Waals surface area contributed by atoms with Crippen molar-refractivity contribution in [2.45, 2.75) is 46.1 Å². The van der Waals surface area contributed by atoms with Crippen LogP contribution in [0.5, 0.6) is 0 Å². The van der Waals surface area contributed by atoms with Crippen LogP contribution >= 0.6 is 11.3 Å². The Hall–Kier alpha value is -2.97. The van der Waals surface area contributed by atoms with Crippen LogP contribution in [0.3, 0.4) is 0 Å². The van der Waals surface area contributed by atoms with Crippen LogP contribution in [-0.4, -0.2) is 47.5 Å². The van der Waals surface area contributed by atoms with Crippen molar-refractivity contribution in [2.24, 2.45) is 0 Å². The molecule has 0 aliphatic carbocycles. The predicted molar refractivity (Wildman–Crippen MR) is 128 cm³/mol. The summed E-state index contributed by atoms with van der Waals surface area (Å²) < 4.78 is 11.4. The van der Waals surface area contributed by atoms with E-state index in [1.165, 1.54) is 11.3 Å². The number of hydrogen-bond donors (Lipinski definition) is 1. The number of anilines is 1. The first-order chi connectivity index (χ1) is 15.9. The van der Waals surface area contributed by atoms with Gasteiger partial charge in [-0.1, -0.05) is 12.1 Å². The molecule has 3 aromatic rings. The average Bonchev–Trinajstić information content (AvgIpc) is 3.53. The Bertz CT molecular complexity index is 1130. The number of nitrogens with zero attached hydrogens (tertiary/aromatic N) is 2. The number of nitrogens with one attached hydrogen (secondary N) is 1. The minimum Gasteiger partial charge on any atom is -0.459 e. The lowest BCUT2D eigenvalue weighted by molar-refractivity contribution is -0.135. The average molecular weight is 468 g/mol. The zero-order chi connectivity index (χ0) is 23.4. The SMILES string of the molecule is Cc1ccc(-c2nc(CC(=O)N(CC(=O)Nc3cccc(C)c3C)CC3CCCO3)cs2)o1. The summed E-state index contributed by atoms with van der Waals surface area (Å²) in [6.07, 6.45) is 1.94. The minimum absolute atomic E-state index is 0.0273. The van der Waals surface area contributed by atoms with Gasteiger partial charge in [-0.15, -0.1) is 11.3 Å². The molecular weight excluding hydrogens is 438 g/mol. The van der Waals surface area contributed by atoms with Gasteiger partial charge in [0.15, 0.2) is 10.8 Å². The van der Waals surface area contributed by atoms with Crippen molar-refractivity contribution < 1.29 is 18.7 Å². The lowest BCUT2D eigenvalue weighted by atomic mass is 10.1. The first-order valence-electron chi connectivity index (χ1n) is 11.2. The topological polar surface area (TPSA) is 84.7 Å². The Morgan fingerprint density at radius 1 is 1.21 bits per heavy atom. The third kappa shape index (κ3) is 5.89. The number of rotatable bonds is 8. The quantitative estimate of drug-likeness (QED) is 0.527. The highest BCUT2D eigenvalue weighted by molar-refractivity contribution is 7.13. The Labute approximate surface area is 197 Å². The molecule has 174 valence electrons. The van der Waals surface area contributed by atoms with Gasteiger partial charge in [-0.25, -0.2) is 4.98 Å². The fourth-order valence-corrected chi connectivity index (χ4v) is 4.64. The highest BCUT2D eigenvalue weighted by atomic mass is 32.1. The summed E-state index contributed by atoms with van der Waals surface area (Å²) in [4.78, 5) is 32.2. The van der Waals surface area contributed by atoms with Crippen LogP contribution in [0.1, 0.15) is 35.4 Å². The minimum atomic E-state index is -0.222. The number of carbonyl (C=O) groups is 2. The maximum absolute atomic E-state index is 13.2. The number of ether oxygens (including phenoxy) is 1. The lowest BCUT2D eigenvalue weighted by Gasteiger charge is -2.25. The van der Waals surface area contributed by atoms with E-state index in [1.807, 2.05) is 56.5 Å². The van der Waals surface area contributed by atoms with Crippen LogP contribution in [0.2, 0.25) is 0 Å². The van der Waals surface area contributed by atoms with Gasteiger partial charge in [-0.05, 0) is 62.9 Å². The number of benzene rings is 1. The molecule has 7 nitrogen and oxygen atoms in total. The van der Waals surface area contributed by atoms with Gasteiger partial charge in [-0.2, -0.15) is 0 Å². The molecule has 2 aromatic heterocycles. The Morgan fingerprint density at radius 3 is 2.79 bits per heavy atom. The van der Waals surface area contributed by atoms with Gasteiger partial charge in [0.1, 0.15) is 5.76 Å². The maximum Gasteiger partial charge on any atom is 0.244 e. The first-order valence-corrected chi connectivity index (χ1v) is 12.0. The summed E-state index contributed by atoms with van der Waals surface area (Å²) in [7, 11) is 0. The van der Waals surface area contributed by atoms with Gasteiger partial charge in [0, 0.05) is 24.2 Å². The second-order valence-corrected chi connectivity index (χ2v) is 9.29. The van der Waals surface area contributed by atoms with Gasteiger partial charge in [0.25, 0.3) is 0 Å².